The number of para-hydroxylation sites is 1. The zero-order valence-corrected chi connectivity index (χ0v) is 19.6. The molecule has 1 saturated heterocycles. The predicted molar refractivity (Wildman–Crippen MR) is 136 cm³/mol. The molecule has 0 aliphatic carbocycles. The lowest BCUT2D eigenvalue weighted by Crippen LogP contribution is -2.47. The van der Waals surface area contributed by atoms with Crippen LogP contribution in [0.4, 0.5) is 17.5 Å². The lowest BCUT2D eigenvalue weighted by Gasteiger charge is -2.36. The molecule has 6 rings (SSSR count). The minimum atomic E-state index is -1.01. The Hall–Kier alpha value is -5.18. The van der Waals surface area contributed by atoms with Gasteiger partial charge in [-0.1, -0.05) is 24.8 Å². The van der Waals surface area contributed by atoms with Gasteiger partial charge in [-0.05, 0) is 35.4 Å². The number of aromatic nitrogens is 6. The van der Waals surface area contributed by atoms with Crippen LogP contribution in [-0.2, 0) is 11.3 Å². The van der Waals surface area contributed by atoms with Crippen LogP contribution in [0.25, 0.3) is 32.7 Å². The minimum absolute atomic E-state index is 0.224. The molecule has 0 bridgehead atoms. The largest absolute Gasteiger partial charge is 0.508 e. The van der Waals surface area contributed by atoms with E-state index >= 15 is 0 Å². The maximum absolute atomic E-state index is 11.5. The molecule has 4 heterocycles. The molecular formula is C25H21N9O3. The molecular weight excluding hydrogens is 474 g/mol. The van der Waals surface area contributed by atoms with E-state index in [1.807, 2.05) is 41.3 Å². The summed E-state index contributed by atoms with van der Waals surface area (Å²) in [6.07, 6.45) is 1.44. The van der Waals surface area contributed by atoms with Crippen molar-refractivity contribution in [2.24, 2.45) is 0 Å². The number of carboxylic acid groups (broad SMARTS) is 1. The number of anilines is 2. The first-order valence-electron chi connectivity index (χ1n) is 11.6. The second-order valence-corrected chi connectivity index (χ2v) is 8.64. The molecule has 184 valence electrons. The number of phenols is 1. The van der Waals surface area contributed by atoms with Crippen LogP contribution in [0.1, 0.15) is 0 Å². The fourth-order valence-electron chi connectivity index (χ4n) is 4.59. The number of hydrogen-bond donors (Lipinski definition) is 2. The van der Waals surface area contributed by atoms with Gasteiger partial charge in [-0.3, -0.25) is 4.79 Å². The van der Waals surface area contributed by atoms with Crippen LogP contribution in [-0.4, -0.2) is 71.7 Å². The number of aromatic hydroxyl groups is 1. The fraction of sp³-hybridized carbons (Fsp3) is 0.200. The summed E-state index contributed by atoms with van der Waals surface area (Å²) < 4.78 is 3.06. The molecule has 0 radical (unpaired) electrons. The van der Waals surface area contributed by atoms with Gasteiger partial charge in [0.15, 0.2) is 11.2 Å². The first kappa shape index (κ1) is 22.3. The van der Waals surface area contributed by atoms with Crippen molar-refractivity contribution in [3.63, 3.8) is 0 Å². The molecule has 1 aliphatic rings. The Bertz CT molecular complexity index is 1680. The third-order valence-electron chi connectivity index (χ3n) is 6.39. The first-order chi connectivity index (χ1) is 18.0. The van der Waals surface area contributed by atoms with Gasteiger partial charge in [0.2, 0.25) is 11.8 Å². The van der Waals surface area contributed by atoms with Crippen molar-refractivity contribution >= 4 is 45.5 Å². The average molecular weight is 496 g/mol. The summed E-state index contributed by atoms with van der Waals surface area (Å²) in [5.41, 5.74) is 2.50. The highest BCUT2D eigenvalue weighted by atomic mass is 16.4. The molecule has 0 spiro atoms. The highest BCUT2D eigenvalue weighted by Gasteiger charge is 2.25. The molecule has 2 N–H and O–H groups in total. The van der Waals surface area contributed by atoms with E-state index in [2.05, 4.69) is 19.8 Å². The topological polar surface area (TPSA) is 130 Å². The van der Waals surface area contributed by atoms with Crippen molar-refractivity contribution in [1.82, 2.24) is 29.3 Å². The van der Waals surface area contributed by atoms with Crippen molar-refractivity contribution in [1.29, 1.82) is 0 Å². The molecule has 2 aromatic carbocycles. The van der Waals surface area contributed by atoms with Gasteiger partial charge in [-0.15, -0.1) is 4.68 Å². The Labute approximate surface area is 210 Å². The number of benzene rings is 2. The molecule has 0 atom stereocenters. The first-order valence-corrected chi connectivity index (χ1v) is 11.6. The standard InChI is InChI=1S/C25H21N9O3/c1-26-22-18-4-2-3-5-19(18)34(30-22)24-21-23(33(15-27-21)14-20(36)37)28-25(29-24)32-12-10-31(11-13-32)16-6-8-17(35)9-7-16/h2-9,15,35H,10-14H2,(H,36,37). The number of fused-ring (bicyclic) bond motifs is 2. The Balaban J connectivity index is 1.43. The molecule has 12 heteroatoms. The van der Waals surface area contributed by atoms with Crippen molar-refractivity contribution in [3.05, 3.63) is 66.3 Å². The molecule has 1 fully saturated rings. The molecule has 37 heavy (non-hydrogen) atoms. The van der Waals surface area contributed by atoms with E-state index in [1.165, 1.54) is 10.9 Å². The van der Waals surface area contributed by atoms with Crippen LogP contribution < -0.4 is 9.80 Å². The summed E-state index contributed by atoms with van der Waals surface area (Å²) >= 11 is 0. The lowest BCUT2D eigenvalue weighted by atomic mass is 10.2. The van der Waals surface area contributed by atoms with Crippen LogP contribution in [0.2, 0.25) is 0 Å². The van der Waals surface area contributed by atoms with E-state index in [9.17, 15) is 15.0 Å². The zero-order valence-electron chi connectivity index (χ0n) is 19.6. The van der Waals surface area contributed by atoms with Crippen LogP contribution in [0.3, 0.4) is 0 Å². The normalized spacial score (nSPS) is 13.8. The van der Waals surface area contributed by atoms with Gasteiger partial charge in [-0.2, -0.15) is 9.97 Å². The number of phenolic OH excluding ortho intramolecular Hbond substituents is 1. The average Bonchev–Trinajstić information content (AvgIpc) is 3.50. The van der Waals surface area contributed by atoms with E-state index in [0.717, 1.165) is 5.69 Å². The van der Waals surface area contributed by atoms with Crippen molar-refractivity contribution in [3.8, 4) is 11.6 Å². The highest BCUT2D eigenvalue weighted by Crippen LogP contribution is 2.30. The monoisotopic (exact) mass is 495 g/mol. The summed E-state index contributed by atoms with van der Waals surface area (Å²) in [6, 6.07) is 14.5. The van der Waals surface area contributed by atoms with E-state index in [1.54, 1.807) is 16.8 Å². The summed E-state index contributed by atoms with van der Waals surface area (Å²) in [5.74, 6) is 0.280. The SMILES string of the molecule is [C-]#[N+]c1nn(-c2nc(N3CCN(c4ccc(O)cc4)CC3)nc3c2ncn3CC(=O)O)c2ccccc12. The lowest BCUT2D eigenvalue weighted by molar-refractivity contribution is -0.137. The van der Waals surface area contributed by atoms with Crippen molar-refractivity contribution in [2.45, 2.75) is 6.54 Å². The quantitative estimate of drug-likeness (QED) is 0.354. The van der Waals surface area contributed by atoms with Gasteiger partial charge in [0.1, 0.15) is 12.3 Å². The van der Waals surface area contributed by atoms with Gasteiger partial charge in [0.05, 0.1) is 11.8 Å². The Morgan fingerprint density at radius 2 is 1.73 bits per heavy atom. The van der Waals surface area contributed by atoms with Crippen molar-refractivity contribution in [2.75, 3.05) is 36.0 Å². The number of imidazole rings is 1. The molecule has 0 unspecified atom stereocenters. The van der Waals surface area contributed by atoms with E-state index in [4.69, 9.17) is 16.5 Å². The smallest absolute Gasteiger partial charge is 0.323 e. The zero-order chi connectivity index (χ0) is 25.5. The number of hydrogen-bond acceptors (Lipinski definition) is 8. The summed E-state index contributed by atoms with van der Waals surface area (Å²) in [4.78, 5) is 33.3. The van der Waals surface area contributed by atoms with Crippen molar-refractivity contribution < 1.29 is 15.0 Å². The number of carboxylic acids is 1. The van der Waals surface area contributed by atoms with Gasteiger partial charge in [0.25, 0.3) is 0 Å². The Morgan fingerprint density at radius 1 is 1.00 bits per heavy atom. The van der Waals surface area contributed by atoms with Crippen LogP contribution >= 0.6 is 0 Å². The second-order valence-electron chi connectivity index (χ2n) is 8.64. The van der Waals surface area contributed by atoms with Gasteiger partial charge >= 0.3 is 11.8 Å². The maximum atomic E-state index is 11.5. The second kappa shape index (κ2) is 8.80. The number of rotatable bonds is 5. The van der Waals surface area contributed by atoms with E-state index in [-0.39, 0.29) is 18.1 Å². The number of piperazine rings is 1. The van der Waals surface area contributed by atoms with Gasteiger partial charge in [0, 0.05) is 37.3 Å². The maximum Gasteiger partial charge on any atom is 0.323 e. The number of nitrogens with zero attached hydrogens (tertiary/aromatic N) is 9. The minimum Gasteiger partial charge on any atom is -0.508 e. The van der Waals surface area contributed by atoms with E-state index < -0.39 is 5.97 Å². The van der Waals surface area contributed by atoms with Gasteiger partial charge in [-0.25, -0.2) is 4.98 Å². The summed E-state index contributed by atoms with van der Waals surface area (Å²) in [6.45, 7) is 9.94. The Kier molecular flexibility index (Phi) is 5.30. The molecule has 3 aromatic heterocycles. The third kappa shape index (κ3) is 3.92. The van der Waals surface area contributed by atoms with Crippen LogP contribution in [0.15, 0.2) is 54.9 Å². The molecule has 0 amide bonds. The Morgan fingerprint density at radius 3 is 2.46 bits per heavy atom. The summed E-state index contributed by atoms with van der Waals surface area (Å²) in [5, 5.41) is 24.2. The van der Waals surface area contributed by atoms with Crippen LogP contribution in [0.5, 0.6) is 5.75 Å². The number of aliphatic carboxylic acids is 1. The fourth-order valence-corrected chi connectivity index (χ4v) is 4.59. The molecule has 5 aromatic rings. The highest BCUT2D eigenvalue weighted by molar-refractivity contribution is 5.93. The predicted octanol–water partition coefficient (Wildman–Crippen LogP) is 2.83. The van der Waals surface area contributed by atoms with Gasteiger partial charge < -0.3 is 29.4 Å². The molecule has 0 saturated carbocycles. The van der Waals surface area contributed by atoms with Crippen LogP contribution in [0, 0.1) is 6.57 Å². The third-order valence-corrected chi connectivity index (χ3v) is 6.39. The summed E-state index contributed by atoms with van der Waals surface area (Å²) in [7, 11) is 0. The molecule has 12 nitrogen and oxygen atoms in total. The van der Waals surface area contributed by atoms with E-state index in [0.29, 0.717) is 60.0 Å². The molecule has 1 aliphatic heterocycles. The number of carbonyl (C=O) groups is 1.